The lowest BCUT2D eigenvalue weighted by molar-refractivity contribution is 0.0442. The topological polar surface area (TPSA) is 99.1 Å². The van der Waals surface area contributed by atoms with Crippen molar-refractivity contribution in [3.05, 3.63) is 58.7 Å². The maximum Gasteiger partial charge on any atom is 0.347 e. The van der Waals surface area contributed by atoms with Gasteiger partial charge in [-0.3, -0.25) is 0 Å². The van der Waals surface area contributed by atoms with E-state index in [0.717, 1.165) is 0 Å². The molecule has 7 nitrogen and oxygen atoms in total. The number of esters is 3. The molecule has 2 aromatic carbocycles. The SMILES string of the molecule is COC(=O)c1ccc(Oc2ccc3c(c2)C(=O)OC3=O)cc1CO. The molecule has 1 aliphatic heterocycles. The van der Waals surface area contributed by atoms with Crippen LogP contribution in [0.4, 0.5) is 0 Å². The molecule has 0 aliphatic carbocycles. The maximum absolute atomic E-state index is 11.6. The van der Waals surface area contributed by atoms with Crippen LogP contribution in [0.25, 0.3) is 0 Å². The molecule has 24 heavy (non-hydrogen) atoms. The molecule has 0 saturated heterocycles. The largest absolute Gasteiger partial charge is 0.465 e. The number of methoxy groups -OCH3 is 1. The zero-order valence-corrected chi connectivity index (χ0v) is 12.6. The first-order chi connectivity index (χ1) is 11.5. The predicted octanol–water partition coefficient (Wildman–Crippen LogP) is 2.07. The summed E-state index contributed by atoms with van der Waals surface area (Å²) in [5, 5.41) is 9.38. The number of rotatable bonds is 4. The van der Waals surface area contributed by atoms with E-state index in [0.29, 0.717) is 17.1 Å². The van der Waals surface area contributed by atoms with Crippen LogP contribution in [0.3, 0.4) is 0 Å². The van der Waals surface area contributed by atoms with E-state index in [1.165, 1.54) is 43.5 Å². The van der Waals surface area contributed by atoms with E-state index in [-0.39, 0.29) is 23.3 Å². The molecule has 0 fully saturated rings. The molecule has 0 spiro atoms. The Balaban J connectivity index is 1.89. The number of carbonyl (C=O) groups is 3. The minimum Gasteiger partial charge on any atom is -0.465 e. The van der Waals surface area contributed by atoms with Gasteiger partial charge >= 0.3 is 17.9 Å². The van der Waals surface area contributed by atoms with Crippen LogP contribution in [0.5, 0.6) is 11.5 Å². The molecule has 1 aliphatic rings. The van der Waals surface area contributed by atoms with Gasteiger partial charge in [0, 0.05) is 0 Å². The van der Waals surface area contributed by atoms with Crippen molar-refractivity contribution in [2.24, 2.45) is 0 Å². The maximum atomic E-state index is 11.6. The van der Waals surface area contributed by atoms with Gasteiger partial charge in [-0.25, -0.2) is 14.4 Å². The van der Waals surface area contributed by atoms with Gasteiger partial charge in [-0.05, 0) is 42.0 Å². The first kappa shape index (κ1) is 15.7. The van der Waals surface area contributed by atoms with Crippen LogP contribution in [-0.2, 0) is 16.1 Å². The van der Waals surface area contributed by atoms with Gasteiger partial charge in [-0.15, -0.1) is 0 Å². The molecule has 0 amide bonds. The molecular formula is C17H12O7. The van der Waals surface area contributed by atoms with E-state index in [4.69, 9.17) is 4.74 Å². The Morgan fingerprint density at radius 2 is 1.71 bits per heavy atom. The van der Waals surface area contributed by atoms with Crippen LogP contribution in [-0.4, -0.2) is 30.1 Å². The smallest absolute Gasteiger partial charge is 0.347 e. The number of fused-ring (bicyclic) bond motifs is 1. The summed E-state index contributed by atoms with van der Waals surface area (Å²) in [4.78, 5) is 34.6. The molecule has 3 rings (SSSR count). The normalized spacial score (nSPS) is 12.6. The van der Waals surface area contributed by atoms with Crippen LogP contribution >= 0.6 is 0 Å². The van der Waals surface area contributed by atoms with Crippen LogP contribution in [0.2, 0.25) is 0 Å². The number of hydrogen-bond donors (Lipinski definition) is 1. The minimum absolute atomic E-state index is 0.131. The molecule has 2 aromatic rings. The van der Waals surface area contributed by atoms with Gasteiger partial charge < -0.3 is 19.3 Å². The van der Waals surface area contributed by atoms with Crippen molar-refractivity contribution in [2.45, 2.75) is 6.61 Å². The number of hydrogen-bond acceptors (Lipinski definition) is 7. The highest BCUT2D eigenvalue weighted by molar-refractivity contribution is 6.14. The summed E-state index contributed by atoms with van der Waals surface area (Å²) in [7, 11) is 1.25. The molecule has 1 heterocycles. The molecule has 1 N–H and O–H groups in total. The van der Waals surface area contributed by atoms with E-state index >= 15 is 0 Å². The Morgan fingerprint density at radius 1 is 1.04 bits per heavy atom. The summed E-state index contributed by atoms with van der Waals surface area (Å²) in [5.74, 6) is -1.31. The monoisotopic (exact) mass is 328 g/mol. The molecule has 0 aromatic heterocycles. The van der Waals surface area contributed by atoms with Crippen molar-refractivity contribution in [3.63, 3.8) is 0 Å². The fraction of sp³-hybridized carbons (Fsp3) is 0.118. The molecule has 122 valence electrons. The standard InChI is InChI=1S/C17H12O7/c1-22-15(19)12-4-2-10(6-9(12)8-18)23-11-3-5-13-14(7-11)17(21)24-16(13)20/h2-7,18H,8H2,1H3. The summed E-state index contributed by atoms with van der Waals surface area (Å²) < 4.78 is 14.8. The predicted molar refractivity (Wildman–Crippen MR) is 80.0 cm³/mol. The quantitative estimate of drug-likeness (QED) is 0.677. The van der Waals surface area contributed by atoms with E-state index < -0.39 is 17.9 Å². The molecule has 0 bridgehead atoms. The molecule has 7 heteroatoms. The summed E-state index contributed by atoms with van der Waals surface area (Å²) in [6, 6.07) is 8.84. The molecular weight excluding hydrogens is 316 g/mol. The first-order valence-corrected chi connectivity index (χ1v) is 6.94. The number of cyclic esters (lactones) is 2. The van der Waals surface area contributed by atoms with Crippen molar-refractivity contribution >= 4 is 17.9 Å². The summed E-state index contributed by atoms with van der Waals surface area (Å²) in [6.45, 7) is -0.368. The Morgan fingerprint density at radius 3 is 2.42 bits per heavy atom. The van der Waals surface area contributed by atoms with E-state index in [1.807, 2.05) is 0 Å². The third-order valence-electron chi connectivity index (χ3n) is 3.50. The third-order valence-corrected chi connectivity index (χ3v) is 3.50. The second-order valence-corrected chi connectivity index (χ2v) is 4.96. The summed E-state index contributed by atoms with van der Waals surface area (Å²) >= 11 is 0. The fourth-order valence-corrected chi connectivity index (χ4v) is 2.34. The summed E-state index contributed by atoms with van der Waals surface area (Å²) in [5.41, 5.74) is 0.890. The number of aliphatic hydroxyl groups excluding tert-OH is 1. The molecule has 0 saturated carbocycles. The van der Waals surface area contributed by atoms with Crippen LogP contribution in [0.15, 0.2) is 36.4 Å². The average molecular weight is 328 g/mol. The van der Waals surface area contributed by atoms with Gasteiger partial charge in [0.2, 0.25) is 0 Å². The van der Waals surface area contributed by atoms with E-state index in [1.54, 1.807) is 0 Å². The number of carbonyl (C=O) groups excluding carboxylic acids is 3. The van der Waals surface area contributed by atoms with Gasteiger partial charge in [0.1, 0.15) is 11.5 Å². The molecule has 0 atom stereocenters. The van der Waals surface area contributed by atoms with Crippen molar-refractivity contribution in [3.8, 4) is 11.5 Å². The lowest BCUT2D eigenvalue weighted by Gasteiger charge is -2.10. The van der Waals surface area contributed by atoms with Gasteiger partial charge in [-0.1, -0.05) is 0 Å². The second kappa shape index (κ2) is 6.13. The van der Waals surface area contributed by atoms with Crippen molar-refractivity contribution < 1.29 is 33.7 Å². The van der Waals surface area contributed by atoms with Gasteiger partial charge in [0.15, 0.2) is 0 Å². The third kappa shape index (κ3) is 2.72. The number of aliphatic hydroxyl groups is 1. The Labute approximate surface area is 136 Å². The lowest BCUT2D eigenvalue weighted by atomic mass is 10.1. The Kier molecular flexibility index (Phi) is 4.01. The second-order valence-electron chi connectivity index (χ2n) is 4.96. The minimum atomic E-state index is -0.725. The Hall–Kier alpha value is -3.19. The van der Waals surface area contributed by atoms with E-state index in [2.05, 4.69) is 9.47 Å². The van der Waals surface area contributed by atoms with Crippen LogP contribution in [0, 0.1) is 0 Å². The van der Waals surface area contributed by atoms with Crippen LogP contribution in [0.1, 0.15) is 36.6 Å². The summed E-state index contributed by atoms with van der Waals surface area (Å²) in [6.07, 6.45) is 0. The highest BCUT2D eigenvalue weighted by Gasteiger charge is 2.29. The van der Waals surface area contributed by atoms with Gasteiger partial charge in [-0.2, -0.15) is 0 Å². The lowest BCUT2D eigenvalue weighted by Crippen LogP contribution is -2.06. The number of ether oxygens (including phenoxy) is 3. The zero-order chi connectivity index (χ0) is 17.3. The zero-order valence-electron chi connectivity index (χ0n) is 12.6. The van der Waals surface area contributed by atoms with Gasteiger partial charge in [0.25, 0.3) is 0 Å². The highest BCUT2D eigenvalue weighted by Crippen LogP contribution is 2.29. The van der Waals surface area contributed by atoms with Crippen LogP contribution < -0.4 is 4.74 Å². The fourth-order valence-electron chi connectivity index (χ4n) is 2.34. The Bertz CT molecular complexity index is 854. The average Bonchev–Trinajstić information content (AvgIpc) is 2.88. The van der Waals surface area contributed by atoms with Crippen molar-refractivity contribution in [2.75, 3.05) is 7.11 Å². The molecule has 0 radical (unpaired) electrons. The first-order valence-electron chi connectivity index (χ1n) is 6.94. The van der Waals surface area contributed by atoms with E-state index in [9.17, 15) is 19.5 Å². The molecule has 0 unspecified atom stereocenters. The number of benzene rings is 2. The van der Waals surface area contributed by atoms with Gasteiger partial charge in [0.05, 0.1) is 30.4 Å². The van der Waals surface area contributed by atoms with Crippen molar-refractivity contribution in [1.82, 2.24) is 0 Å². The highest BCUT2D eigenvalue weighted by atomic mass is 16.6. The van der Waals surface area contributed by atoms with Crippen molar-refractivity contribution in [1.29, 1.82) is 0 Å².